The van der Waals surface area contributed by atoms with E-state index in [-0.39, 0.29) is 16.7 Å². The molecule has 0 atom stereocenters. The molecule has 2 heterocycles. The SMILES string of the molecule is N#C/C(C(=O)c1c[nH]c2ccccc12)=C(C(=O)c1ccccc1)/C(C#N)=C(\O)c1c[nH]c2ccccc12. The minimum atomic E-state index is -0.737. The molecular weight excluding hydrogens is 464 g/mol. The van der Waals surface area contributed by atoms with Gasteiger partial charge in [0.2, 0.25) is 5.78 Å². The van der Waals surface area contributed by atoms with Gasteiger partial charge in [0.1, 0.15) is 29.0 Å². The summed E-state index contributed by atoms with van der Waals surface area (Å²) in [5, 5.41) is 32.8. The number of Topliss-reactive ketones (excluding diaryl/α,β-unsaturated/α-hetero) is 2. The molecule has 0 aliphatic carbocycles. The topological polar surface area (TPSA) is 134 Å². The van der Waals surface area contributed by atoms with Crippen LogP contribution in [0.3, 0.4) is 0 Å². The van der Waals surface area contributed by atoms with Crippen molar-refractivity contribution < 1.29 is 14.7 Å². The fraction of sp³-hybridized carbons (Fsp3) is 0. The van der Waals surface area contributed by atoms with Gasteiger partial charge in [0.05, 0.1) is 5.57 Å². The molecule has 0 amide bonds. The summed E-state index contributed by atoms with van der Waals surface area (Å²) in [6, 6.07) is 25.9. The lowest BCUT2D eigenvalue weighted by molar-refractivity contribution is 0.101. The highest BCUT2D eigenvalue weighted by Crippen LogP contribution is 2.32. The third kappa shape index (κ3) is 3.97. The predicted molar refractivity (Wildman–Crippen MR) is 140 cm³/mol. The Morgan fingerprint density at radius 3 is 1.76 bits per heavy atom. The second-order valence-corrected chi connectivity index (χ2v) is 8.22. The first kappa shape index (κ1) is 23.1. The van der Waals surface area contributed by atoms with Gasteiger partial charge in [-0.1, -0.05) is 66.7 Å². The summed E-state index contributed by atoms with van der Waals surface area (Å²) in [7, 11) is 0. The van der Waals surface area contributed by atoms with E-state index >= 15 is 0 Å². The summed E-state index contributed by atoms with van der Waals surface area (Å²) in [6.45, 7) is 0. The van der Waals surface area contributed by atoms with E-state index in [1.807, 2.05) is 18.2 Å². The van der Waals surface area contributed by atoms with Crippen molar-refractivity contribution in [1.82, 2.24) is 9.97 Å². The van der Waals surface area contributed by atoms with E-state index in [0.29, 0.717) is 21.8 Å². The Labute approximate surface area is 211 Å². The molecule has 5 aromatic rings. The number of nitrogens with one attached hydrogen (secondary N) is 2. The average Bonchev–Trinajstić information content (AvgIpc) is 3.57. The molecule has 2 aromatic heterocycles. The number of aliphatic hydroxyl groups excluding tert-OH is 1. The lowest BCUT2D eigenvalue weighted by atomic mass is 9.88. The molecule has 7 heteroatoms. The van der Waals surface area contributed by atoms with Crippen molar-refractivity contribution in [3.8, 4) is 12.1 Å². The molecule has 0 radical (unpaired) electrons. The zero-order valence-corrected chi connectivity index (χ0v) is 19.3. The van der Waals surface area contributed by atoms with Crippen LogP contribution in [-0.4, -0.2) is 26.6 Å². The normalized spacial score (nSPS) is 12.4. The monoisotopic (exact) mass is 482 g/mol. The molecule has 0 unspecified atom stereocenters. The Balaban J connectivity index is 1.80. The molecule has 5 rings (SSSR count). The number of hydrogen-bond acceptors (Lipinski definition) is 5. The number of carbonyl (C=O) groups is 2. The van der Waals surface area contributed by atoms with Gasteiger partial charge < -0.3 is 15.1 Å². The Kier molecular flexibility index (Phi) is 5.95. The Morgan fingerprint density at radius 2 is 1.16 bits per heavy atom. The number of ketones is 2. The number of allylic oxidation sites excluding steroid dienone is 3. The number of rotatable bonds is 6. The van der Waals surface area contributed by atoms with Gasteiger partial charge in [0.15, 0.2) is 5.78 Å². The number of aromatic amines is 2. The quantitative estimate of drug-likeness (QED) is 0.0893. The molecule has 0 bridgehead atoms. The zero-order chi connectivity index (χ0) is 25.9. The number of nitrogens with zero attached hydrogens (tertiary/aromatic N) is 2. The van der Waals surface area contributed by atoms with Gasteiger partial charge in [-0.25, -0.2) is 0 Å². The van der Waals surface area contributed by atoms with E-state index in [4.69, 9.17) is 0 Å². The first-order valence-electron chi connectivity index (χ1n) is 11.3. The highest BCUT2D eigenvalue weighted by molar-refractivity contribution is 6.25. The van der Waals surface area contributed by atoms with E-state index in [0.717, 1.165) is 0 Å². The minimum absolute atomic E-state index is 0.163. The molecule has 0 aliphatic rings. The number of para-hydroxylation sites is 2. The number of aliphatic hydroxyl groups is 1. The first-order chi connectivity index (χ1) is 18.0. The van der Waals surface area contributed by atoms with E-state index < -0.39 is 34.0 Å². The zero-order valence-electron chi connectivity index (χ0n) is 19.3. The average molecular weight is 482 g/mol. The predicted octanol–water partition coefficient (Wildman–Crippen LogP) is 6.03. The van der Waals surface area contributed by atoms with Crippen molar-refractivity contribution in [3.05, 3.63) is 125 Å². The smallest absolute Gasteiger partial charge is 0.206 e. The molecule has 3 N–H and O–H groups in total. The summed E-state index contributed by atoms with van der Waals surface area (Å²) in [6.07, 6.45) is 2.97. The Hall–Kier alpha value is -5.66. The van der Waals surface area contributed by atoms with Crippen LogP contribution in [0.2, 0.25) is 0 Å². The maximum atomic E-state index is 13.7. The van der Waals surface area contributed by atoms with Crippen LogP contribution in [0.5, 0.6) is 0 Å². The van der Waals surface area contributed by atoms with Crippen molar-refractivity contribution in [1.29, 1.82) is 10.5 Å². The summed E-state index contributed by atoms with van der Waals surface area (Å²) < 4.78 is 0. The lowest BCUT2D eigenvalue weighted by Crippen LogP contribution is -2.15. The standard InChI is InChI=1S/C30H18N4O3/c31-14-21(29(36)23-16-33-25-12-6-4-10-19(23)25)27(28(35)18-8-2-1-3-9-18)22(15-32)30(37)24-17-34-26-13-7-5-11-20(24)26/h1-13,16-17,33-34,36H/b27-22+,29-21-. The van der Waals surface area contributed by atoms with E-state index in [1.165, 1.54) is 24.5 Å². The van der Waals surface area contributed by atoms with Gasteiger partial charge in [-0.3, -0.25) is 9.59 Å². The second-order valence-electron chi connectivity index (χ2n) is 8.22. The summed E-state index contributed by atoms with van der Waals surface area (Å²) >= 11 is 0. The second kappa shape index (κ2) is 9.53. The number of hydrogen-bond donors (Lipinski definition) is 3. The maximum absolute atomic E-state index is 13.7. The van der Waals surface area contributed by atoms with Crippen molar-refractivity contribution >= 4 is 39.1 Å². The van der Waals surface area contributed by atoms with Crippen molar-refractivity contribution in [2.45, 2.75) is 0 Å². The van der Waals surface area contributed by atoms with E-state index in [9.17, 15) is 25.2 Å². The van der Waals surface area contributed by atoms with Crippen molar-refractivity contribution in [2.75, 3.05) is 0 Å². The fourth-order valence-corrected chi connectivity index (χ4v) is 4.33. The summed E-state index contributed by atoms with van der Waals surface area (Å²) in [5.74, 6) is -1.98. The number of H-pyrrole nitrogens is 2. The number of benzene rings is 3. The number of aromatic nitrogens is 2. The summed E-state index contributed by atoms with van der Waals surface area (Å²) in [4.78, 5) is 33.4. The van der Waals surface area contributed by atoms with Gasteiger partial charge in [0.25, 0.3) is 0 Å². The maximum Gasteiger partial charge on any atom is 0.206 e. The molecule has 176 valence electrons. The number of fused-ring (bicyclic) bond motifs is 2. The van der Waals surface area contributed by atoms with Crippen LogP contribution in [0.4, 0.5) is 0 Å². The van der Waals surface area contributed by atoms with Crippen LogP contribution in [0.15, 0.2) is 108 Å². The van der Waals surface area contributed by atoms with Crippen LogP contribution in [-0.2, 0) is 0 Å². The fourth-order valence-electron chi connectivity index (χ4n) is 4.33. The van der Waals surface area contributed by atoms with Crippen LogP contribution in [0.25, 0.3) is 27.6 Å². The van der Waals surface area contributed by atoms with Crippen molar-refractivity contribution in [3.63, 3.8) is 0 Å². The molecule has 0 spiro atoms. The lowest BCUT2D eigenvalue weighted by Gasteiger charge is -2.11. The molecule has 7 nitrogen and oxygen atoms in total. The molecule has 0 saturated carbocycles. The molecule has 0 saturated heterocycles. The first-order valence-corrected chi connectivity index (χ1v) is 11.3. The van der Waals surface area contributed by atoms with Crippen LogP contribution in [0.1, 0.15) is 26.3 Å². The Morgan fingerprint density at radius 1 is 0.649 bits per heavy atom. The van der Waals surface area contributed by atoms with Gasteiger partial charge >= 0.3 is 0 Å². The van der Waals surface area contributed by atoms with Crippen LogP contribution >= 0.6 is 0 Å². The molecular formula is C30H18N4O3. The van der Waals surface area contributed by atoms with Gasteiger partial charge in [-0.2, -0.15) is 10.5 Å². The third-order valence-corrected chi connectivity index (χ3v) is 6.13. The molecule has 0 aliphatic heterocycles. The highest BCUT2D eigenvalue weighted by Gasteiger charge is 2.30. The largest absolute Gasteiger partial charge is 0.506 e. The molecule has 0 fully saturated rings. The van der Waals surface area contributed by atoms with Gasteiger partial charge in [0, 0.05) is 50.9 Å². The van der Waals surface area contributed by atoms with Crippen LogP contribution < -0.4 is 0 Å². The number of nitriles is 2. The highest BCUT2D eigenvalue weighted by atomic mass is 16.3. The molecule has 37 heavy (non-hydrogen) atoms. The number of carbonyl (C=O) groups excluding carboxylic acids is 2. The van der Waals surface area contributed by atoms with Crippen molar-refractivity contribution in [2.24, 2.45) is 0 Å². The van der Waals surface area contributed by atoms with Gasteiger partial charge in [-0.05, 0) is 12.1 Å². The van der Waals surface area contributed by atoms with Gasteiger partial charge in [-0.15, -0.1) is 0 Å². The third-order valence-electron chi connectivity index (χ3n) is 6.13. The van der Waals surface area contributed by atoms with E-state index in [1.54, 1.807) is 60.7 Å². The Bertz CT molecular complexity index is 1840. The van der Waals surface area contributed by atoms with E-state index in [2.05, 4.69) is 9.97 Å². The van der Waals surface area contributed by atoms with Crippen LogP contribution in [0, 0.1) is 22.7 Å². The summed E-state index contributed by atoms with van der Waals surface area (Å²) in [5.41, 5.74) is 0.515. The molecule has 3 aromatic carbocycles. The minimum Gasteiger partial charge on any atom is -0.506 e.